The van der Waals surface area contributed by atoms with Gasteiger partial charge in [-0.05, 0) is 42.7 Å². The summed E-state index contributed by atoms with van der Waals surface area (Å²) in [5.41, 5.74) is 2.88. The van der Waals surface area contributed by atoms with Crippen molar-refractivity contribution in [1.29, 1.82) is 0 Å². The largest absolute Gasteiger partial charge is 0.307 e. The Morgan fingerprint density at radius 1 is 1.17 bits per heavy atom. The third-order valence-electron chi connectivity index (χ3n) is 4.03. The highest BCUT2D eigenvalue weighted by Gasteiger charge is 2.35. The normalized spacial score (nSPS) is 24.3. The van der Waals surface area contributed by atoms with Crippen LogP contribution in [0.15, 0.2) is 24.3 Å². The summed E-state index contributed by atoms with van der Waals surface area (Å²) in [7, 11) is 0. The first-order chi connectivity index (χ1) is 8.60. The van der Waals surface area contributed by atoms with Crippen LogP contribution in [0.2, 0.25) is 0 Å². The lowest BCUT2D eigenvalue weighted by Crippen LogP contribution is -2.22. The second kappa shape index (κ2) is 5.88. The maximum absolute atomic E-state index is 3.73. The summed E-state index contributed by atoms with van der Waals surface area (Å²) in [5.74, 6) is 1.66. The molecule has 0 amide bonds. The Bertz CT molecular complexity index is 366. The third kappa shape index (κ3) is 3.58. The molecular weight excluding hydrogens is 218 g/mol. The predicted octanol–water partition coefficient (Wildman–Crippen LogP) is 4.33. The van der Waals surface area contributed by atoms with E-state index in [0.717, 1.165) is 17.9 Å². The topological polar surface area (TPSA) is 12.0 Å². The summed E-state index contributed by atoms with van der Waals surface area (Å²) in [5, 5.41) is 3.73. The molecule has 0 bridgehead atoms. The number of benzene rings is 1. The van der Waals surface area contributed by atoms with Gasteiger partial charge in [-0.25, -0.2) is 0 Å². The van der Waals surface area contributed by atoms with E-state index in [1.54, 1.807) is 0 Å². The van der Waals surface area contributed by atoms with Crippen molar-refractivity contribution in [2.24, 2.45) is 11.8 Å². The zero-order chi connectivity index (χ0) is 13.1. The Labute approximate surface area is 112 Å². The van der Waals surface area contributed by atoms with Crippen molar-refractivity contribution < 1.29 is 0 Å². The van der Waals surface area contributed by atoms with Gasteiger partial charge in [0.25, 0.3) is 0 Å². The number of hydrogen-bond acceptors (Lipinski definition) is 1. The Kier molecular flexibility index (Phi) is 4.45. The fraction of sp³-hybridized carbons (Fsp3) is 0.647. The smallest absolute Gasteiger partial charge is 0.0294 e. The molecule has 3 unspecified atom stereocenters. The van der Waals surface area contributed by atoms with Gasteiger partial charge in [-0.3, -0.25) is 0 Å². The van der Waals surface area contributed by atoms with E-state index in [2.05, 4.69) is 57.3 Å². The van der Waals surface area contributed by atoms with E-state index in [4.69, 9.17) is 0 Å². The maximum atomic E-state index is 3.73. The van der Waals surface area contributed by atoms with Crippen molar-refractivity contribution in [2.45, 2.75) is 59.0 Å². The molecule has 1 nitrogen and oxygen atoms in total. The second-order valence-corrected chi connectivity index (χ2v) is 6.24. The molecule has 3 atom stereocenters. The zero-order valence-corrected chi connectivity index (χ0v) is 12.2. The summed E-state index contributed by atoms with van der Waals surface area (Å²) < 4.78 is 0. The third-order valence-corrected chi connectivity index (χ3v) is 4.03. The van der Waals surface area contributed by atoms with Crippen LogP contribution in [0.5, 0.6) is 0 Å². The molecule has 1 aromatic carbocycles. The van der Waals surface area contributed by atoms with Crippen LogP contribution >= 0.6 is 0 Å². The molecule has 1 aromatic rings. The van der Waals surface area contributed by atoms with Gasteiger partial charge in [0.15, 0.2) is 0 Å². The van der Waals surface area contributed by atoms with Gasteiger partial charge < -0.3 is 5.32 Å². The van der Waals surface area contributed by atoms with Crippen LogP contribution in [0.1, 0.15) is 57.7 Å². The van der Waals surface area contributed by atoms with Gasteiger partial charge in [-0.2, -0.15) is 0 Å². The summed E-state index contributed by atoms with van der Waals surface area (Å²) in [6.45, 7) is 9.12. The van der Waals surface area contributed by atoms with Crippen LogP contribution in [0.25, 0.3) is 0 Å². The lowest BCUT2D eigenvalue weighted by molar-refractivity contribution is 0.539. The molecule has 1 aliphatic carbocycles. The van der Waals surface area contributed by atoms with Gasteiger partial charge in [0.1, 0.15) is 0 Å². The molecule has 2 rings (SSSR count). The lowest BCUT2D eigenvalue weighted by Gasteiger charge is -2.15. The average molecular weight is 245 g/mol. The van der Waals surface area contributed by atoms with E-state index in [-0.39, 0.29) is 0 Å². The fourth-order valence-corrected chi connectivity index (χ4v) is 2.73. The van der Waals surface area contributed by atoms with E-state index in [1.165, 1.54) is 30.4 Å². The van der Waals surface area contributed by atoms with E-state index >= 15 is 0 Å². The first kappa shape index (κ1) is 13.6. The number of hydrogen-bond donors (Lipinski definition) is 1. The fourth-order valence-electron chi connectivity index (χ4n) is 2.73. The van der Waals surface area contributed by atoms with E-state index < -0.39 is 0 Å². The highest BCUT2D eigenvalue weighted by Crippen LogP contribution is 2.35. The molecule has 18 heavy (non-hydrogen) atoms. The van der Waals surface area contributed by atoms with Crippen molar-refractivity contribution >= 4 is 0 Å². The van der Waals surface area contributed by atoms with Crippen molar-refractivity contribution in [3.05, 3.63) is 35.4 Å². The molecule has 1 saturated carbocycles. The molecule has 1 N–H and O–H groups in total. The number of nitrogens with one attached hydrogen (secondary N) is 1. The molecular formula is C17H27N. The van der Waals surface area contributed by atoms with Gasteiger partial charge in [0, 0.05) is 12.1 Å². The van der Waals surface area contributed by atoms with E-state index in [1.807, 2.05) is 0 Å². The second-order valence-electron chi connectivity index (χ2n) is 6.24. The first-order valence-electron chi connectivity index (χ1n) is 7.45. The monoisotopic (exact) mass is 245 g/mol. The van der Waals surface area contributed by atoms with Gasteiger partial charge in [0.05, 0.1) is 0 Å². The zero-order valence-electron chi connectivity index (χ0n) is 12.2. The van der Waals surface area contributed by atoms with Crippen LogP contribution < -0.4 is 5.32 Å². The van der Waals surface area contributed by atoms with Crippen molar-refractivity contribution in [3.8, 4) is 0 Å². The highest BCUT2D eigenvalue weighted by molar-refractivity contribution is 5.25. The van der Waals surface area contributed by atoms with E-state index in [0.29, 0.717) is 6.04 Å². The van der Waals surface area contributed by atoms with Gasteiger partial charge in [-0.15, -0.1) is 0 Å². The van der Waals surface area contributed by atoms with Crippen molar-refractivity contribution in [2.75, 3.05) is 0 Å². The van der Waals surface area contributed by atoms with Crippen LogP contribution in [-0.4, -0.2) is 6.04 Å². The van der Waals surface area contributed by atoms with Crippen LogP contribution in [0.4, 0.5) is 0 Å². The average Bonchev–Trinajstić information content (AvgIpc) is 3.07. The Morgan fingerprint density at radius 3 is 2.33 bits per heavy atom. The van der Waals surface area contributed by atoms with Crippen LogP contribution in [-0.2, 0) is 6.42 Å². The quantitative estimate of drug-likeness (QED) is 0.786. The summed E-state index contributed by atoms with van der Waals surface area (Å²) in [6, 6.07) is 10.4. The van der Waals surface area contributed by atoms with Gasteiger partial charge >= 0.3 is 0 Å². The molecule has 1 heteroatoms. The minimum absolute atomic E-state index is 0.486. The molecule has 0 spiro atoms. The maximum Gasteiger partial charge on any atom is 0.0294 e. The molecule has 100 valence electrons. The van der Waals surface area contributed by atoms with Crippen LogP contribution in [0, 0.1) is 11.8 Å². The molecule has 1 fully saturated rings. The SMILES string of the molecule is CCC1CC1NC(C)c1ccc(CC(C)C)cc1. The molecule has 1 aliphatic rings. The molecule has 0 aromatic heterocycles. The molecule has 0 saturated heterocycles. The molecule has 0 heterocycles. The minimum atomic E-state index is 0.486. The van der Waals surface area contributed by atoms with Crippen molar-refractivity contribution in [1.82, 2.24) is 5.32 Å². The highest BCUT2D eigenvalue weighted by atomic mass is 15.0. The Balaban J connectivity index is 1.88. The number of rotatable bonds is 6. The van der Waals surface area contributed by atoms with E-state index in [9.17, 15) is 0 Å². The minimum Gasteiger partial charge on any atom is -0.307 e. The lowest BCUT2D eigenvalue weighted by atomic mass is 10.00. The molecule has 0 radical (unpaired) electrons. The summed E-state index contributed by atoms with van der Waals surface area (Å²) >= 11 is 0. The standard InChI is InChI=1S/C17H27N/c1-5-15-11-17(15)18-13(4)16-8-6-14(7-9-16)10-12(2)3/h6-9,12-13,15,17-18H,5,10-11H2,1-4H3. The predicted molar refractivity (Wildman–Crippen MR) is 78.7 cm³/mol. The summed E-state index contributed by atoms with van der Waals surface area (Å²) in [6.07, 6.45) is 3.87. The van der Waals surface area contributed by atoms with Gasteiger partial charge in [0.2, 0.25) is 0 Å². The first-order valence-corrected chi connectivity index (χ1v) is 7.45. The van der Waals surface area contributed by atoms with Crippen molar-refractivity contribution in [3.63, 3.8) is 0 Å². The molecule has 0 aliphatic heterocycles. The Morgan fingerprint density at radius 2 is 1.83 bits per heavy atom. The van der Waals surface area contributed by atoms with Gasteiger partial charge in [-0.1, -0.05) is 51.5 Å². The summed E-state index contributed by atoms with van der Waals surface area (Å²) in [4.78, 5) is 0. The Hall–Kier alpha value is -0.820. The van der Waals surface area contributed by atoms with Crippen LogP contribution in [0.3, 0.4) is 0 Å².